The highest BCUT2D eigenvalue weighted by Gasteiger charge is 2.18. The number of amides is 1. The van der Waals surface area contributed by atoms with Crippen LogP contribution in [0.15, 0.2) is 54.7 Å². The molecule has 1 atom stereocenters. The van der Waals surface area contributed by atoms with Gasteiger partial charge >= 0.3 is 0 Å². The number of hydrogen-bond acceptors (Lipinski definition) is 4. The number of carbonyl (C=O) groups excluding carboxylic acids is 1. The van der Waals surface area contributed by atoms with Gasteiger partial charge in [-0.2, -0.15) is 5.10 Å². The summed E-state index contributed by atoms with van der Waals surface area (Å²) in [5.41, 5.74) is 2.58. The first-order valence-electron chi connectivity index (χ1n) is 10.1. The smallest absolute Gasteiger partial charge is 0.259 e. The molecule has 0 aliphatic carbocycles. The lowest BCUT2D eigenvalue weighted by atomic mass is 10.1. The van der Waals surface area contributed by atoms with Gasteiger partial charge in [-0.25, -0.2) is 9.07 Å². The summed E-state index contributed by atoms with van der Waals surface area (Å²) >= 11 is 0. The molecule has 0 spiro atoms. The van der Waals surface area contributed by atoms with Crippen LogP contribution in [0.25, 0.3) is 5.69 Å². The molecule has 0 bridgehead atoms. The highest BCUT2D eigenvalue weighted by atomic mass is 19.1. The standard InChI is InChI=1S/C23H24FN3O3/c1-2-22-21(14-25-27(22)18-10-8-16(24)9-11-18)23(28)26-17-5-3-6-19(13-17)30-15-20-7-4-12-29-20/h3,5-6,8-11,13-14,20H,2,4,7,12,15H2,1H3,(H,26,28)/t20-/m1/s1. The predicted octanol–water partition coefficient (Wildman–Crippen LogP) is 4.38. The molecule has 7 heteroatoms. The molecule has 1 aliphatic heterocycles. The van der Waals surface area contributed by atoms with Crippen LogP contribution >= 0.6 is 0 Å². The second-order valence-corrected chi connectivity index (χ2v) is 7.17. The molecule has 1 aromatic heterocycles. The number of aromatic nitrogens is 2. The third kappa shape index (κ3) is 4.52. The van der Waals surface area contributed by atoms with Crippen molar-refractivity contribution in [3.8, 4) is 11.4 Å². The highest BCUT2D eigenvalue weighted by Crippen LogP contribution is 2.22. The molecular weight excluding hydrogens is 385 g/mol. The molecule has 2 aromatic carbocycles. The Morgan fingerprint density at radius 1 is 1.30 bits per heavy atom. The van der Waals surface area contributed by atoms with Crippen LogP contribution in [0.4, 0.5) is 10.1 Å². The Labute approximate surface area is 174 Å². The second kappa shape index (κ2) is 9.09. The number of anilines is 1. The van der Waals surface area contributed by atoms with Crippen LogP contribution < -0.4 is 10.1 Å². The Balaban J connectivity index is 1.47. The molecule has 1 fully saturated rings. The molecule has 1 aliphatic rings. The molecule has 30 heavy (non-hydrogen) atoms. The summed E-state index contributed by atoms with van der Waals surface area (Å²) in [6.45, 7) is 3.24. The van der Waals surface area contributed by atoms with E-state index in [9.17, 15) is 9.18 Å². The summed E-state index contributed by atoms with van der Waals surface area (Å²) in [4.78, 5) is 12.9. The summed E-state index contributed by atoms with van der Waals surface area (Å²) in [5, 5.41) is 7.25. The van der Waals surface area contributed by atoms with Gasteiger partial charge in [0.15, 0.2) is 0 Å². The number of ether oxygens (including phenoxy) is 2. The molecular formula is C23H24FN3O3. The van der Waals surface area contributed by atoms with E-state index < -0.39 is 0 Å². The molecule has 156 valence electrons. The third-order valence-corrected chi connectivity index (χ3v) is 5.07. The zero-order chi connectivity index (χ0) is 20.9. The van der Waals surface area contributed by atoms with E-state index in [0.29, 0.717) is 35.7 Å². The number of carbonyl (C=O) groups is 1. The van der Waals surface area contributed by atoms with Crippen LogP contribution in [0, 0.1) is 5.82 Å². The van der Waals surface area contributed by atoms with Crippen molar-refractivity contribution in [3.63, 3.8) is 0 Å². The van der Waals surface area contributed by atoms with Gasteiger partial charge in [0.05, 0.1) is 29.2 Å². The molecule has 0 radical (unpaired) electrons. The van der Waals surface area contributed by atoms with Crippen molar-refractivity contribution in [3.05, 3.63) is 71.8 Å². The van der Waals surface area contributed by atoms with Crippen molar-refractivity contribution in [2.45, 2.75) is 32.3 Å². The molecule has 1 amide bonds. The maximum atomic E-state index is 13.2. The summed E-state index contributed by atoms with van der Waals surface area (Å²) < 4.78 is 26.3. The number of benzene rings is 2. The highest BCUT2D eigenvalue weighted by molar-refractivity contribution is 6.05. The zero-order valence-corrected chi connectivity index (χ0v) is 16.8. The Morgan fingerprint density at radius 2 is 2.13 bits per heavy atom. The number of hydrogen-bond donors (Lipinski definition) is 1. The molecule has 0 unspecified atom stereocenters. The number of rotatable bonds is 7. The van der Waals surface area contributed by atoms with Gasteiger partial charge < -0.3 is 14.8 Å². The van der Waals surface area contributed by atoms with E-state index in [2.05, 4.69) is 10.4 Å². The fourth-order valence-corrected chi connectivity index (χ4v) is 3.54. The lowest BCUT2D eigenvalue weighted by molar-refractivity contribution is 0.0680. The van der Waals surface area contributed by atoms with E-state index in [-0.39, 0.29) is 17.8 Å². The van der Waals surface area contributed by atoms with Gasteiger partial charge in [-0.05, 0) is 55.7 Å². The summed E-state index contributed by atoms with van der Waals surface area (Å²) in [6, 6.07) is 13.3. The first-order valence-corrected chi connectivity index (χ1v) is 10.1. The SMILES string of the molecule is CCc1c(C(=O)Nc2cccc(OC[C@H]3CCCO3)c2)cnn1-c1ccc(F)cc1. The van der Waals surface area contributed by atoms with Crippen LogP contribution in [-0.4, -0.2) is 35.0 Å². The van der Waals surface area contributed by atoms with Crippen LogP contribution in [0.5, 0.6) is 5.75 Å². The number of halogens is 1. The fraction of sp³-hybridized carbons (Fsp3) is 0.304. The van der Waals surface area contributed by atoms with Gasteiger partial charge in [0.2, 0.25) is 0 Å². The molecule has 2 heterocycles. The van der Waals surface area contributed by atoms with Gasteiger partial charge in [-0.1, -0.05) is 13.0 Å². The number of nitrogens with one attached hydrogen (secondary N) is 1. The Kier molecular flexibility index (Phi) is 6.09. The Morgan fingerprint density at radius 3 is 2.87 bits per heavy atom. The lowest BCUT2D eigenvalue weighted by Crippen LogP contribution is -2.17. The van der Waals surface area contributed by atoms with Gasteiger partial charge in [-0.15, -0.1) is 0 Å². The largest absolute Gasteiger partial charge is 0.491 e. The van der Waals surface area contributed by atoms with E-state index in [4.69, 9.17) is 9.47 Å². The summed E-state index contributed by atoms with van der Waals surface area (Å²) in [5.74, 6) is 0.112. The normalized spacial score (nSPS) is 15.9. The second-order valence-electron chi connectivity index (χ2n) is 7.17. The first-order chi connectivity index (χ1) is 14.6. The summed E-state index contributed by atoms with van der Waals surface area (Å²) in [7, 11) is 0. The minimum Gasteiger partial charge on any atom is -0.491 e. The topological polar surface area (TPSA) is 65.4 Å². The van der Waals surface area contributed by atoms with Gasteiger partial charge in [0.1, 0.15) is 18.2 Å². The van der Waals surface area contributed by atoms with Crippen molar-refractivity contribution >= 4 is 11.6 Å². The van der Waals surface area contributed by atoms with Gasteiger partial charge in [0.25, 0.3) is 5.91 Å². The fourth-order valence-electron chi connectivity index (χ4n) is 3.54. The zero-order valence-electron chi connectivity index (χ0n) is 16.8. The minimum atomic E-state index is -0.316. The average Bonchev–Trinajstić information content (AvgIpc) is 3.43. The molecule has 1 N–H and O–H groups in total. The van der Waals surface area contributed by atoms with Gasteiger partial charge in [0, 0.05) is 18.4 Å². The molecule has 0 saturated carbocycles. The van der Waals surface area contributed by atoms with Crippen LogP contribution in [0.1, 0.15) is 35.8 Å². The quantitative estimate of drug-likeness (QED) is 0.629. The van der Waals surface area contributed by atoms with E-state index in [1.807, 2.05) is 25.1 Å². The first kappa shape index (κ1) is 20.1. The van der Waals surface area contributed by atoms with E-state index in [1.54, 1.807) is 22.9 Å². The third-order valence-electron chi connectivity index (χ3n) is 5.07. The average molecular weight is 409 g/mol. The molecule has 3 aromatic rings. The monoisotopic (exact) mass is 409 g/mol. The maximum Gasteiger partial charge on any atom is 0.259 e. The van der Waals surface area contributed by atoms with Crippen LogP contribution in [-0.2, 0) is 11.2 Å². The summed E-state index contributed by atoms with van der Waals surface area (Å²) in [6.07, 6.45) is 4.34. The molecule has 4 rings (SSSR count). The van der Waals surface area contributed by atoms with Crippen molar-refractivity contribution in [2.24, 2.45) is 0 Å². The van der Waals surface area contributed by atoms with Crippen molar-refractivity contribution in [1.82, 2.24) is 9.78 Å². The lowest BCUT2D eigenvalue weighted by Gasteiger charge is -2.13. The minimum absolute atomic E-state index is 0.132. The predicted molar refractivity (Wildman–Crippen MR) is 112 cm³/mol. The Hall–Kier alpha value is -3.19. The Bertz CT molecular complexity index is 1010. The van der Waals surface area contributed by atoms with Gasteiger partial charge in [-0.3, -0.25) is 4.79 Å². The molecule has 1 saturated heterocycles. The van der Waals surface area contributed by atoms with E-state index >= 15 is 0 Å². The maximum absolute atomic E-state index is 13.2. The van der Waals surface area contributed by atoms with E-state index in [1.165, 1.54) is 18.3 Å². The number of nitrogens with zero attached hydrogens (tertiary/aromatic N) is 2. The van der Waals surface area contributed by atoms with Crippen molar-refractivity contribution < 1.29 is 18.7 Å². The van der Waals surface area contributed by atoms with Crippen LogP contribution in [0.2, 0.25) is 0 Å². The van der Waals surface area contributed by atoms with Crippen molar-refractivity contribution in [1.29, 1.82) is 0 Å². The van der Waals surface area contributed by atoms with Crippen molar-refractivity contribution in [2.75, 3.05) is 18.5 Å². The molecule has 6 nitrogen and oxygen atoms in total. The van der Waals surface area contributed by atoms with Crippen LogP contribution in [0.3, 0.4) is 0 Å². The van der Waals surface area contributed by atoms with E-state index in [0.717, 1.165) is 25.1 Å².